The summed E-state index contributed by atoms with van der Waals surface area (Å²) >= 11 is 6.46. The average molecular weight is 479 g/mol. The number of halogens is 4. The topological polar surface area (TPSA) is 132 Å². The highest BCUT2D eigenvalue weighted by Gasteiger charge is 2.55. The summed E-state index contributed by atoms with van der Waals surface area (Å²) in [6, 6.07) is 4.23. The molecule has 0 spiro atoms. The van der Waals surface area contributed by atoms with Gasteiger partial charge in [-0.3, -0.25) is 4.72 Å². The van der Waals surface area contributed by atoms with Gasteiger partial charge >= 0.3 is 5.51 Å². The van der Waals surface area contributed by atoms with Crippen LogP contribution in [0.2, 0.25) is 5.02 Å². The molecule has 0 radical (unpaired) electrons. The zero-order valence-electron chi connectivity index (χ0n) is 14.3. The highest BCUT2D eigenvalue weighted by Crippen LogP contribution is 2.34. The summed E-state index contributed by atoms with van der Waals surface area (Å²) in [4.78, 5) is -2.83. The van der Waals surface area contributed by atoms with E-state index in [1.54, 1.807) is 0 Å². The number of nitrogens with one attached hydrogen (secondary N) is 1. The Morgan fingerprint density at radius 3 is 2.39 bits per heavy atom. The molecule has 1 heterocycles. The summed E-state index contributed by atoms with van der Waals surface area (Å²) in [5.74, 6) is 0. The second-order valence-electron chi connectivity index (χ2n) is 5.91. The maximum absolute atomic E-state index is 12.7. The zero-order valence-corrected chi connectivity index (χ0v) is 17.5. The number of rotatable bonds is 6. The summed E-state index contributed by atoms with van der Waals surface area (Å²) in [5.41, 5.74) is 0.0929. The van der Waals surface area contributed by atoms with Crippen LogP contribution in [-0.4, -0.2) is 37.4 Å². The van der Waals surface area contributed by atoms with Crippen molar-refractivity contribution in [1.29, 1.82) is 0 Å². The molecule has 2 rings (SSSR count). The van der Waals surface area contributed by atoms with Crippen LogP contribution in [0.5, 0.6) is 0 Å². The van der Waals surface area contributed by atoms with Gasteiger partial charge in [-0.2, -0.15) is 13.2 Å². The first-order valence-electron chi connectivity index (χ1n) is 7.28. The standard InChI is InChI=1S/C13H14ClF3N4O4S3/c1-7-8(14)4-3-5-9(7)27(22,23)21-11-20-19-10(26-11)6-12(2,18)28(24,25)13(15,16)17/h3-5H,6,18H2,1-2H3,(H,20,21). The molecule has 1 unspecified atom stereocenters. The van der Waals surface area contributed by atoms with Gasteiger partial charge in [-0.15, -0.1) is 10.2 Å². The van der Waals surface area contributed by atoms with Gasteiger partial charge in [-0.25, -0.2) is 16.8 Å². The number of sulfonamides is 1. The van der Waals surface area contributed by atoms with Gasteiger partial charge in [0.25, 0.3) is 19.9 Å². The minimum atomic E-state index is -5.69. The number of hydrogen-bond donors (Lipinski definition) is 2. The van der Waals surface area contributed by atoms with E-state index in [-0.39, 0.29) is 25.6 Å². The van der Waals surface area contributed by atoms with Crippen molar-refractivity contribution in [2.24, 2.45) is 5.73 Å². The molecule has 0 amide bonds. The lowest BCUT2D eigenvalue weighted by Gasteiger charge is -2.24. The number of anilines is 1. The lowest BCUT2D eigenvalue weighted by atomic mass is 10.2. The number of benzene rings is 1. The Hall–Kier alpha value is -1.48. The molecule has 0 saturated carbocycles. The first-order chi connectivity index (χ1) is 12.6. The number of nitrogens with two attached hydrogens (primary N) is 1. The Morgan fingerprint density at radius 1 is 1.21 bits per heavy atom. The first-order valence-corrected chi connectivity index (χ1v) is 11.4. The van der Waals surface area contributed by atoms with Crippen molar-refractivity contribution >= 4 is 47.9 Å². The fourth-order valence-corrected chi connectivity index (χ4v) is 5.66. The first kappa shape index (κ1) is 22.8. The van der Waals surface area contributed by atoms with Crippen LogP contribution in [-0.2, 0) is 26.3 Å². The Balaban J connectivity index is 2.27. The summed E-state index contributed by atoms with van der Waals surface area (Å²) in [7, 11) is -9.79. The Kier molecular flexibility index (Phi) is 6.03. The molecule has 0 saturated heterocycles. The van der Waals surface area contributed by atoms with E-state index in [1.165, 1.54) is 25.1 Å². The molecule has 0 aliphatic rings. The third-order valence-corrected chi connectivity index (χ3v) is 8.46. The van der Waals surface area contributed by atoms with E-state index in [4.69, 9.17) is 17.3 Å². The number of nitrogens with zero attached hydrogens (tertiary/aromatic N) is 2. The van der Waals surface area contributed by atoms with Gasteiger partial charge in [-0.1, -0.05) is 29.0 Å². The lowest BCUT2D eigenvalue weighted by Crippen LogP contribution is -2.52. The smallest absolute Gasteiger partial charge is 0.312 e. The molecule has 0 fully saturated rings. The van der Waals surface area contributed by atoms with E-state index >= 15 is 0 Å². The van der Waals surface area contributed by atoms with Gasteiger partial charge in [0.05, 0.1) is 4.90 Å². The van der Waals surface area contributed by atoms with E-state index in [9.17, 15) is 30.0 Å². The Bertz CT molecular complexity index is 1100. The van der Waals surface area contributed by atoms with Crippen LogP contribution in [0.4, 0.5) is 18.3 Å². The van der Waals surface area contributed by atoms with E-state index in [0.29, 0.717) is 18.3 Å². The van der Waals surface area contributed by atoms with Crippen molar-refractivity contribution in [3.8, 4) is 0 Å². The summed E-state index contributed by atoms with van der Waals surface area (Å²) < 4.78 is 88.3. The monoisotopic (exact) mass is 478 g/mol. The molecule has 2 aromatic rings. The van der Waals surface area contributed by atoms with Crippen LogP contribution in [0.25, 0.3) is 0 Å². The fourth-order valence-electron chi connectivity index (χ4n) is 2.07. The molecule has 156 valence electrons. The van der Waals surface area contributed by atoms with Gasteiger partial charge in [0.2, 0.25) is 5.13 Å². The highest BCUT2D eigenvalue weighted by molar-refractivity contribution is 7.93. The SMILES string of the molecule is Cc1c(Cl)cccc1S(=O)(=O)Nc1nnc(CC(C)(N)S(=O)(=O)C(F)(F)F)s1. The predicted octanol–water partition coefficient (Wildman–Crippen LogP) is 2.45. The van der Waals surface area contributed by atoms with E-state index in [1.807, 2.05) is 0 Å². The highest BCUT2D eigenvalue weighted by atomic mass is 35.5. The maximum Gasteiger partial charge on any atom is 0.499 e. The van der Waals surface area contributed by atoms with Gasteiger partial charge in [-0.05, 0) is 31.5 Å². The third kappa shape index (κ3) is 4.40. The number of hydrogen-bond acceptors (Lipinski definition) is 8. The summed E-state index contributed by atoms with van der Waals surface area (Å²) in [5, 5.41) is 6.79. The molecule has 1 aromatic heterocycles. The van der Waals surface area contributed by atoms with Crippen molar-refractivity contribution in [1.82, 2.24) is 10.2 Å². The molecule has 1 atom stereocenters. The number of aromatic nitrogens is 2. The van der Waals surface area contributed by atoms with Crippen molar-refractivity contribution in [3.63, 3.8) is 0 Å². The molecule has 3 N–H and O–H groups in total. The zero-order chi connectivity index (χ0) is 21.5. The molecule has 15 heteroatoms. The van der Waals surface area contributed by atoms with Crippen LogP contribution in [0.15, 0.2) is 23.1 Å². The molecule has 0 aliphatic carbocycles. The van der Waals surface area contributed by atoms with Crippen LogP contribution in [0.1, 0.15) is 17.5 Å². The van der Waals surface area contributed by atoms with E-state index < -0.39 is 36.7 Å². The molecule has 28 heavy (non-hydrogen) atoms. The van der Waals surface area contributed by atoms with E-state index in [2.05, 4.69) is 14.9 Å². The largest absolute Gasteiger partial charge is 0.499 e. The van der Waals surface area contributed by atoms with Crippen molar-refractivity contribution in [2.75, 3.05) is 4.72 Å². The van der Waals surface area contributed by atoms with E-state index in [0.717, 1.165) is 0 Å². The lowest BCUT2D eigenvalue weighted by molar-refractivity contribution is -0.0457. The van der Waals surface area contributed by atoms with Crippen LogP contribution in [0, 0.1) is 6.92 Å². The van der Waals surface area contributed by atoms with Gasteiger partial charge in [0.1, 0.15) is 9.88 Å². The van der Waals surface area contributed by atoms with Crippen LogP contribution < -0.4 is 10.5 Å². The summed E-state index contributed by atoms with van der Waals surface area (Å²) in [6.45, 7) is 2.18. The second-order valence-corrected chi connectivity index (χ2v) is 11.4. The molecule has 0 aliphatic heterocycles. The normalized spacial score (nSPS) is 15.2. The number of alkyl halides is 3. The molecule has 8 nitrogen and oxygen atoms in total. The van der Waals surface area contributed by atoms with Gasteiger partial charge < -0.3 is 5.73 Å². The van der Waals surface area contributed by atoms with Crippen molar-refractivity contribution in [3.05, 3.63) is 33.8 Å². The minimum Gasteiger partial charge on any atom is -0.312 e. The van der Waals surface area contributed by atoms with Gasteiger partial charge in [0.15, 0.2) is 0 Å². The molecular weight excluding hydrogens is 465 g/mol. The third-order valence-electron chi connectivity index (χ3n) is 3.62. The quantitative estimate of drug-likeness (QED) is 0.651. The molecule has 1 aromatic carbocycles. The second kappa shape index (κ2) is 7.40. The summed E-state index contributed by atoms with van der Waals surface area (Å²) in [6.07, 6.45) is -0.815. The average Bonchev–Trinajstić information content (AvgIpc) is 2.94. The molecule has 0 bridgehead atoms. The Labute approximate surface area is 167 Å². The fraction of sp³-hybridized carbons (Fsp3) is 0.385. The predicted molar refractivity (Wildman–Crippen MR) is 98.2 cm³/mol. The Morgan fingerprint density at radius 2 is 1.82 bits per heavy atom. The maximum atomic E-state index is 12.7. The van der Waals surface area contributed by atoms with Crippen LogP contribution >= 0.6 is 22.9 Å². The van der Waals surface area contributed by atoms with Crippen molar-refractivity contribution < 1.29 is 30.0 Å². The van der Waals surface area contributed by atoms with Crippen LogP contribution in [0.3, 0.4) is 0 Å². The number of sulfone groups is 1. The molecular formula is C13H14ClF3N4O4S3. The minimum absolute atomic E-state index is 0.125. The van der Waals surface area contributed by atoms with Crippen molar-refractivity contribution in [2.45, 2.75) is 35.5 Å². The van der Waals surface area contributed by atoms with Gasteiger partial charge in [0, 0.05) is 11.4 Å².